The number of nitrogens with two attached hydrogens (primary N) is 1. The van der Waals surface area contributed by atoms with Gasteiger partial charge >= 0.3 is 0 Å². The van der Waals surface area contributed by atoms with Crippen molar-refractivity contribution in [3.05, 3.63) is 58.1 Å². The van der Waals surface area contributed by atoms with Crippen molar-refractivity contribution in [3.8, 4) is 0 Å². The van der Waals surface area contributed by atoms with Crippen LogP contribution in [0.25, 0.3) is 0 Å². The molecule has 0 spiro atoms. The SMILES string of the molecule is CC(C)c1ccc(CNc2ccc(Br)cc2N)cc1. The van der Waals surface area contributed by atoms with Gasteiger partial charge in [0.15, 0.2) is 0 Å². The molecule has 0 heterocycles. The summed E-state index contributed by atoms with van der Waals surface area (Å²) in [4.78, 5) is 0. The summed E-state index contributed by atoms with van der Waals surface area (Å²) in [6.45, 7) is 5.19. The molecule has 0 saturated heterocycles. The van der Waals surface area contributed by atoms with Gasteiger partial charge in [-0.15, -0.1) is 0 Å². The minimum atomic E-state index is 0.573. The minimum absolute atomic E-state index is 0.573. The standard InChI is InChI=1S/C16H19BrN2/c1-11(2)13-5-3-12(4-6-13)10-19-16-8-7-14(17)9-15(16)18/h3-9,11,19H,10,18H2,1-2H3. The Bertz CT molecular complexity index is 547. The first-order chi connectivity index (χ1) is 9.06. The minimum Gasteiger partial charge on any atom is -0.397 e. The molecule has 0 aliphatic carbocycles. The second kappa shape index (κ2) is 6.11. The summed E-state index contributed by atoms with van der Waals surface area (Å²) in [7, 11) is 0. The van der Waals surface area contributed by atoms with Gasteiger partial charge < -0.3 is 11.1 Å². The maximum absolute atomic E-state index is 5.96. The average molecular weight is 319 g/mol. The van der Waals surface area contributed by atoms with E-state index in [4.69, 9.17) is 5.73 Å². The van der Waals surface area contributed by atoms with Crippen molar-refractivity contribution in [3.63, 3.8) is 0 Å². The van der Waals surface area contributed by atoms with E-state index in [1.807, 2.05) is 18.2 Å². The molecule has 0 aliphatic heterocycles. The molecule has 19 heavy (non-hydrogen) atoms. The molecule has 100 valence electrons. The largest absolute Gasteiger partial charge is 0.397 e. The van der Waals surface area contributed by atoms with Crippen molar-refractivity contribution < 1.29 is 0 Å². The normalized spacial score (nSPS) is 10.7. The van der Waals surface area contributed by atoms with Crippen LogP contribution in [0, 0.1) is 0 Å². The summed E-state index contributed by atoms with van der Waals surface area (Å²) >= 11 is 3.41. The fourth-order valence-corrected chi connectivity index (χ4v) is 2.29. The Kier molecular flexibility index (Phi) is 4.48. The van der Waals surface area contributed by atoms with E-state index < -0.39 is 0 Å². The van der Waals surface area contributed by atoms with Crippen molar-refractivity contribution in [1.82, 2.24) is 0 Å². The number of anilines is 2. The predicted molar refractivity (Wildman–Crippen MR) is 86.4 cm³/mol. The van der Waals surface area contributed by atoms with Crippen molar-refractivity contribution in [2.45, 2.75) is 26.3 Å². The zero-order valence-corrected chi connectivity index (χ0v) is 12.9. The lowest BCUT2D eigenvalue weighted by molar-refractivity contribution is 0.865. The number of halogens is 1. The van der Waals surface area contributed by atoms with E-state index in [0.29, 0.717) is 5.92 Å². The van der Waals surface area contributed by atoms with Crippen LogP contribution in [0.1, 0.15) is 30.9 Å². The maximum Gasteiger partial charge on any atom is 0.0577 e. The third kappa shape index (κ3) is 3.74. The van der Waals surface area contributed by atoms with Gasteiger partial charge in [-0.3, -0.25) is 0 Å². The molecule has 3 heteroatoms. The van der Waals surface area contributed by atoms with Crippen LogP contribution in [-0.4, -0.2) is 0 Å². The molecule has 0 aromatic heterocycles. The number of nitrogen functional groups attached to an aromatic ring is 1. The Morgan fingerprint density at radius 3 is 2.37 bits per heavy atom. The molecule has 2 aromatic carbocycles. The lowest BCUT2D eigenvalue weighted by atomic mass is 10.0. The number of hydrogen-bond acceptors (Lipinski definition) is 2. The number of hydrogen-bond donors (Lipinski definition) is 2. The highest BCUT2D eigenvalue weighted by molar-refractivity contribution is 9.10. The van der Waals surface area contributed by atoms with Crippen LogP contribution in [0.3, 0.4) is 0 Å². The van der Waals surface area contributed by atoms with Crippen LogP contribution in [0.15, 0.2) is 46.9 Å². The van der Waals surface area contributed by atoms with E-state index in [-0.39, 0.29) is 0 Å². The van der Waals surface area contributed by atoms with Crippen molar-refractivity contribution in [2.24, 2.45) is 0 Å². The van der Waals surface area contributed by atoms with Crippen molar-refractivity contribution in [1.29, 1.82) is 0 Å². The Morgan fingerprint density at radius 1 is 1.11 bits per heavy atom. The average Bonchev–Trinajstić information content (AvgIpc) is 2.38. The smallest absolute Gasteiger partial charge is 0.0577 e. The fraction of sp³-hybridized carbons (Fsp3) is 0.250. The second-order valence-electron chi connectivity index (χ2n) is 4.98. The van der Waals surface area contributed by atoms with Gasteiger partial charge in [0.25, 0.3) is 0 Å². The molecule has 2 rings (SSSR count). The van der Waals surface area contributed by atoms with Crippen LogP contribution < -0.4 is 11.1 Å². The third-order valence-electron chi connectivity index (χ3n) is 3.14. The van der Waals surface area contributed by atoms with Gasteiger partial charge in [0.2, 0.25) is 0 Å². The van der Waals surface area contributed by atoms with Gasteiger partial charge in [0.05, 0.1) is 11.4 Å². The van der Waals surface area contributed by atoms with Gasteiger partial charge in [0, 0.05) is 11.0 Å². The summed E-state index contributed by atoms with van der Waals surface area (Å²) in [5.74, 6) is 0.573. The zero-order valence-electron chi connectivity index (χ0n) is 11.3. The van der Waals surface area contributed by atoms with Gasteiger partial charge in [-0.05, 0) is 35.2 Å². The van der Waals surface area contributed by atoms with Gasteiger partial charge in [-0.2, -0.15) is 0 Å². The first-order valence-electron chi connectivity index (χ1n) is 6.44. The molecule has 0 amide bonds. The summed E-state index contributed by atoms with van der Waals surface area (Å²) < 4.78 is 0.997. The molecule has 2 aromatic rings. The van der Waals surface area contributed by atoms with E-state index in [0.717, 1.165) is 22.4 Å². The highest BCUT2D eigenvalue weighted by Crippen LogP contribution is 2.23. The topological polar surface area (TPSA) is 38.0 Å². The highest BCUT2D eigenvalue weighted by Gasteiger charge is 2.01. The monoisotopic (exact) mass is 318 g/mol. The molecular formula is C16H19BrN2. The van der Waals surface area contributed by atoms with Crippen molar-refractivity contribution >= 4 is 27.3 Å². The predicted octanol–water partition coefficient (Wildman–Crippen LogP) is 4.77. The molecule has 3 N–H and O–H groups in total. The van der Waals surface area contributed by atoms with Crippen LogP contribution >= 0.6 is 15.9 Å². The van der Waals surface area contributed by atoms with Crippen molar-refractivity contribution in [2.75, 3.05) is 11.1 Å². The quantitative estimate of drug-likeness (QED) is 0.797. The molecule has 0 aliphatic rings. The molecule has 0 bridgehead atoms. The Balaban J connectivity index is 2.02. The summed E-state index contributed by atoms with van der Waals surface area (Å²) in [5.41, 5.74) is 10.3. The van der Waals surface area contributed by atoms with Crippen LogP contribution in [-0.2, 0) is 6.54 Å². The van der Waals surface area contributed by atoms with E-state index in [2.05, 4.69) is 59.4 Å². The van der Waals surface area contributed by atoms with Crippen LogP contribution in [0.2, 0.25) is 0 Å². The van der Waals surface area contributed by atoms with E-state index in [1.54, 1.807) is 0 Å². The summed E-state index contributed by atoms with van der Waals surface area (Å²) in [6, 6.07) is 14.6. The molecule has 0 unspecified atom stereocenters. The Labute approximate surface area is 123 Å². The molecule has 0 radical (unpaired) electrons. The maximum atomic E-state index is 5.96. The number of rotatable bonds is 4. The van der Waals surface area contributed by atoms with Gasteiger partial charge in [-0.1, -0.05) is 54.0 Å². The fourth-order valence-electron chi connectivity index (χ4n) is 1.91. The third-order valence-corrected chi connectivity index (χ3v) is 3.64. The molecule has 2 nitrogen and oxygen atoms in total. The zero-order chi connectivity index (χ0) is 13.8. The Morgan fingerprint density at radius 2 is 1.79 bits per heavy atom. The number of benzene rings is 2. The van der Waals surface area contributed by atoms with E-state index in [1.165, 1.54) is 11.1 Å². The van der Waals surface area contributed by atoms with Crippen LogP contribution in [0.4, 0.5) is 11.4 Å². The Hall–Kier alpha value is -1.48. The molecule has 0 saturated carbocycles. The summed E-state index contributed by atoms with van der Waals surface area (Å²) in [5, 5.41) is 3.36. The van der Waals surface area contributed by atoms with E-state index >= 15 is 0 Å². The first-order valence-corrected chi connectivity index (χ1v) is 7.23. The summed E-state index contributed by atoms with van der Waals surface area (Å²) in [6.07, 6.45) is 0. The second-order valence-corrected chi connectivity index (χ2v) is 5.90. The van der Waals surface area contributed by atoms with E-state index in [9.17, 15) is 0 Å². The number of nitrogens with one attached hydrogen (secondary N) is 1. The van der Waals surface area contributed by atoms with Crippen LogP contribution in [0.5, 0.6) is 0 Å². The first kappa shape index (κ1) is 13.9. The van der Waals surface area contributed by atoms with Gasteiger partial charge in [-0.25, -0.2) is 0 Å². The lowest BCUT2D eigenvalue weighted by Gasteiger charge is -2.11. The lowest BCUT2D eigenvalue weighted by Crippen LogP contribution is -2.02. The highest BCUT2D eigenvalue weighted by atomic mass is 79.9. The molecule has 0 atom stereocenters. The molecular weight excluding hydrogens is 300 g/mol. The molecule has 0 fully saturated rings. The van der Waals surface area contributed by atoms with Gasteiger partial charge in [0.1, 0.15) is 0 Å².